The largest absolute Gasteiger partial charge is 0.193 e. The molecule has 1 nitrogen and oxygen atoms in total. The first-order valence-corrected chi connectivity index (χ1v) is 6.54. The van der Waals surface area contributed by atoms with Crippen molar-refractivity contribution in [1.29, 1.82) is 5.26 Å². The SMILES string of the molecule is C=C(C)c1ccccc1.C=CC#N.C=Cc1ccccc1. The lowest BCUT2D eigenvalue weighted by Crippen LogP contribution is -1.72. The van der Waals surface area contributed by atoms with Crippen LogP contribution in [-0.4, -0.2) is 0 Å². The minimum absolute atomic E-state index is 1.12. The van der Waals surface area contributed by atoms with Crippen molar-refractivity contribution in [2.24, 2.45) is 0 Å². The van der Waals surface area contributed by atoms with E-state index in [4.69, 9.17) is 5.26 Å². The summed E-state index contributed by atoms with van der Waals surface area (Å²) in [5.41, 5.74) is 3.51. The van der Waals surface area contributed by atoms with Crippen LogP contribution in [-0.2, 0) is 0 Å². The van der Waals surface area contributed by atoms with E-state index in [1.54, 1.807) is 6.07 Å². The van der Waals surface area contributed by atoms with Gasteiger partial charge in [-0.3, -0.25) is 0 Å². The third-order valence-corrected chi connectivity index (χ3v) is 2.39. The second-order valence-corrected chi connectivity index (χ2v) is 4.09. The van der Waals surface area contributed by atoms with E-state index in [-0.39, 0.29) is 0 Å². The zero-order valence-electron chi connectivity index (χ0n) is 12.5. The predicted octanol–water partition coefficient (Wildman–Crippen LogP) is 5.75. The van der Waals surface area contributed by atoms with Crippen LogP contribution in [0.5, 0.6) is 0 Å². The summed E-state index contributed by atoms with van der Waals surface area (Å²) in [5, 5.41) is 7.51. The van der Waals surface area contributed by atoms with Gasteiger partial charge in [0.2, 0.25) is 0 Å². The van der Waals surface area contributed by atoms with E-state index in [1.807, 2.05) is 61.5 Å². The van der Waals surface area contributed by atoms with Gasteiger partial charge in [-0.15, -0.1) is 0 Å². The number of hydrogen-bond acceptors (Lipinski definition) is 1. The summed E-state index contributed by atoms with van der Waals surface area (Å²) in [6, 6.07) is 21.9. The van der Waals surface area contributed by atoms with E-state index in [9.17, 15) is 0 Å². The van der Waals surface area contributed by atoms with Gasteiger partial charge in [0.05, 0.1) is 6.07 Å². The van der Waals surface area contributed by atoms with E-state index < -0.39 is 0 Å². The van der Waals surface area contributed by atoms with Gasteiger partial charge in [-0.1, -0.05) is 92.0 Å². The summed E-state index contributed by atoms with van der Waals surface area (Å²) in [7, 11) is 0. The fourth-order valence-electron chi connectivity index (χ4n) is 1.31. The van der Waals surface area contributed by atoms with Crippen molar-refractivity contribution in [1.82, 2.24) is 0 Å². The Kier molecular flexibility index (Phi) is 10.5. The minimum atomic E-state index is 1.12. The highest BCUT2D eigenvalue weighted by Crippen LogP contribution is 2.08. The van der Waals surface area contributed by atoms with Crippen LogP contribution in [0.4, 0.5) is 0 Å². The highest BCUT2D eigenvalue weighted by atomic mass is 14.2. The number of allylic oxidation sites excluding steroid dienone is 2. The first kappa shape index (κ1) is 18.2. The van der Waals surface area contributed by atoms with Crippen LogP contribution in [0.15, 0.2) is 86.5 Å². The Morgan fingerprint density at radius 1 is 0.952 bits per heavy atom. The Labute approximate surface area is 128 Å². The molecule has 0 heterocycles. The molecule has 2 aromatic rings. The number of nitrogens with zero attached hydrogens (tertiary/aromatic N) is 1. The predicted molar refractivity (Wildman–Crippen MR) is 93.5 cm³/mol. The zero-order chi connectivity index (χ0) is 15.9. The normalized spacial score (nSPS) is 7.81. The number of nitriles is 1. The highest BCUT2D eigenvalue weighted by molar-refractivity contribution is 5.60. The second kappa shape index (κ2) is 12.2. The van der Waals surface area contributed by atoms with Crippen molar-refractivity contribution in [3.8, 4) is 6.07 Å². The molecule has 0 fully saturated rings. The number of hydrogen-bond donors (Lipinski definition) is 0. The van der Waals surface area contributed by atoms with Gasteiger partial charge in [0.15, 0.2) is 0 Å². The monoisotopic (exact) mass is 275 g/mol. The molecular formula is C20H21N. The topological polar surface area (TPSA) is 23.8 Å². The lowest BCUT2D eigenvalue weighted by molar-refractivity contribution is 1.54. The smallest absolute Gasteiger partial charge is 0.0905 e. The van der Waals surface area contributed by atoms with Crippen molar-refractivity contribution >= 4 is 11.6 Å². The van der Waals surface area contributed by atoms with Gasteiger partial charge in [0, 0.05) is 6.08 Å². The summed E-state index contributed by atoms with van der Waals surface area (Å²) >= 11 is 0. The van der Waals surface area contributed by atoms with Crippen molar-refractivity contribution in [3.63, 3.8) is 0 Å². The molecule has 0 radical (unpaired) electrons. The average molecular weight is 275 g/mol. The minimum Gasteiger partial charge on any atom is -0.193 e. The van der Waals surface area contributed by atoms with Crippen LogP contribution < -0.4 is 0 Å². The molecule has 0 aliphatic carbocycles. The molecule has 0 aromatic heterocycles. The molecule has 0 saturated heterocycles. The maximum atomic E-state index is 7.51. The third kappa shape index (κ3) is 9.69. The molecule has 2 aromatic carbocycles. The molecule has 0 bridgehead atoms. The Morgan fingerprint density at radius 3 is 1.62 bits per heavy atom. The number of rotatable bonds is 2. The quantitative estimate of drug-likeness (QED) is 0.640. The molecule has 0 aliphatic heterocycles. The Hall–Kier alpha value is -2.85. The maximum Gasteiger partial charge on any atom is 0.0905 e. The Bertz CT molecular complexity index is 574. The van der Waals surface area contributed by atoms with E-state index >= 15 is 0 Å². The van der Waals surface area contributed by atoms with Gasteiger partial charge in [-0.25, -0.2) is 0 Å². The van der Waals surface area contributed by atoms with Gasteiger partial charge in [-0.05, 0) is 18.1 Å². The lowest BCUT2D eigenvalue weighted by Gasteiger charge is -1.94. The van der Waals surface area contributed by atoms with Crippen LogP contribution in [0.2, 0.25) is 0 Å². The molecule has 0 atom stereocenters. The summed E-state index contributed by atoms with van der Waals surface area (Å²) in [6.07, 6.45) is 3.01. The second-order valence-electron chi connectivity index (χ2n) is 4.09. The molecule has 0 unspecified atom stereocenters. The zero-order valence-corrected chi connectivity index (χ0v) is 12.5. The lowest BCUT2D eigenvalue weighted by atomic mass is 10.1. The van der Waals surface area contributed by atoms with Crippen molar-refractivity contribution in [2.75, 3.05) is 0 Å². The molecule has 0 aliphatic rings. The molecule has 0 spiro atoms. The molecule has 0 saturated carbocycles. The van der Waals surface area contributed by atoms with E-state index in [1.165, 1.54) is 17.2 Å². The molecule has 0 amide bonds. The van der Waals surface area contributed by atoms with Crippen LogP contribution in [0.25, 0.3) is 11.6 Å². The third-order valence-electron chi connectivity index (χ3n) is 2.39. The van der Waals surface area contributed by atoms with Gasteiger partial charge in [0.25, 0.3) is 0 Å². The summed E-state index contributed by atoms with van der Waals surface area (Å²) < 4.78 is 0. The van der Waals surface area contributed by atoms with Crippen molar-refractivity contribution in [2.45, 2.75) is 6.92 Å². The molecule has 21 heavy (non-hydrogen) atoms. The van der Waals surface area contributed by atoms with Gasteiger partial charge in [-0.2, -0.15) is 5.26 Å². The molecule has 1 heteroatoms. The molecular weight excluding hydrogens is 254 g/mol. The van der Waals surface area contributed by atoms with Gasteiger partial charge < -0.3 is 0 Å². The van der Waals surface area contributed by atoms with E-state index in [2.05, 4.69) is 31.9 Å². The first-order valence-electron chi connectivity index (χ1n) is 6.54. The fraction of sp³-hybridized carbons (Fsp3) is 0.0500. The summed E-state index contributed by atoms with van der Waals surface area (Å²) in [6.45, 7) is 12.6. The Morgan fingerprint density at radius 2 is 1.38 bits per heavy atom. The van der Waals surface area contributed by atoms with Crippen molar-refractivity contribution in [3.05, 3.63) is 97.6 Å². The standard InChI is InChI=1S/C9H10.C8H8.C3H3N/c1-8(2)9-6-4-3-5-7-9;1-2-8-6-4-3-5-7-8;1-2-3-4/h3-7H,1H2,2H3;2-7H,1H2;2H,1H2. The molecule has 0 N–H and O–H groups in total. The Balaban J connectivity index is 0.000000308. The van der Waals surface area contributed by atoms with E-state index in [0.29, 0.717) is 0 Å². The van der Waals surface area contributed by atoms with Crippen molar-refractivity contribution < 1.29 is 0 Å². The molecule has 106 valence electrons. The fourth-order valence-corrected chi connectivity index (χ4v) is 1.31. The number of benzene rings is 2. The maximum absolute atomic E-state index is 7.51. The van der Waals surface area contributed by atoms with E-state index in [0.717, 1.165) is 5.57 Å². The van der Waals surface area contributed by atoms with Crippen LogP contribution >= 0.6 is 0 Å². The molecule has 2 rings (SSSR count). The summed E-state index contributed by atoms with van der Waals surface area (Å²) in [4.78, 5) is 0. The van der Waals surface area contributed by atoms with Gasteiger partial charge >= 0.3 is 0 Å². The average Bonchev–Trinajstić information content (AvgIpc) is 2.57. The van der Waals surface area contributed by atoms with Crippen LogP contribution in [0, 0.1) is 11.3 Å². The summed E-state index contributed by atoms with van der Waals surface area (Å²) in [5.74, 6) is 0. The van der Waals surface area contributed by atoms with Crippen LogP contribution in [0.1, 0.15) is 18.1 Å². The van der Waals surface area contributed by atoms with Crippen LogP contribution in [0.3, 0.4) is 0 Å². The van der Waals surface area contributed by atoms with Gasteiger partial charge in [0.1, 0.15) is 0 Å². The highest BCUT2D eigenvalue weighted by Gasteiger charge is 1.86. The first-order chi connectivity index (χ1) is 10.2.